The maximum Gasteiger partial charge on any atom is 0.233 e. The molecule has 10 heteroatoms. The lowest BCUT2D eigenvalue weighted by Gasteiger charge is -2.33. The van der Waals surface area contributed by atoms with Gasteiger partial charge in [-0.2, -0.15) is 0 Å². The van der Waals surface area contributed by atoms with Crippen molar-refractivity contribution in [2.24, 2.45) is 0 Å². The molecule has 0 saturated carbocycles. The van der Waals surface area contributed by atoms with Crippen LogP contribution in [-0.2, 0) is 14.6 Å². The zero-order chi connectivity index (χ0) is 22.9. The number of aromatic nitrogens is 2. The number of carbonyl (C=O) groups is 1. The number of sulfone groups is 1. The second-order valence-electron chi connectivity index (χ2n) is 7.92. The predicted molar refractivity (Wildman–Crippen MR) is 127 cm³/mol. The lowest BCUT2D eigenvalue weighted by molar-refractivity contribution is -0.132. The molecular formula is C22H24FN3O3S3. The molecule has 4 rings (SSSR count). The number of rotatable bonds is 7. The summed E-state index contributed by atoms with van der Waals surface area (Å²) in [5.74, 6) is -0.0650. The minimum atomic E-state index is -3.09. The molecule has 6 nitrogen and oxygen atoms in total. The molecule has 0 N–H and O–H groups in total. The molecule has 170 valence electrons. The normalized spacial score (nSPS) is 18.7. The second-order valence-corrected chi connectivity index (χ2v) is 12.0. The van der Waals surface area contributed by atoms with Gasteiger partial charge in [0, 0.05) is 23.0 Å². The van der Waals surface area contributed by atoms with Crippen LogP contribution in [0.5, 0.6) is 0 Å². The lowest BCUT2D eigenvalue weighted by atomic mass is 10.1. The number of amides is 1. The van der Waals surface area contributed by atoms with Crippen LogP contribution in [0.15, 0.2) is 41.0 Å². The van der Waals surface area contributed by atoms with Gasteiger partial charge in [0.15, 0.2) is 9.84 Å². The number of nitrogens with zero attached hydrogens (tertiary/aromatic N) is 3. The predicted octanol–water partition coefficient (Wildman–Crippen LogP) is 4.40. The third-order valence-corrected chi connectivity index (χ3v) is 9.39. The number of halogens is 1. The third kappa shape index (κ3) is 4.82. The summed E-state index contributed by atoms with van der Waals surface area (Å²) in [6.07, 6.45) is 2.72. The molecule has 1 saturated heterocycles. The van der Waals surface area contributed by atoms with E-state index in [0.717, 1.165) is 27.8 Å². The average molecular weight is 494 g/mol. The minimum Gasteiger partial charge on any atom is -0.335 e. The Morgan fingerprint density at radius 1 is 1.31 bits per heavy atom. The molecule has 0 radical (unpaired) electrons. The van der Waals surface area contributed by atoms with Gasteiger partial charge in [0.05, 0.1) is 22.6 Å². The van der Waals surface area contributed by atoms with Gasteiger partial charge in [0.1, 0.15) is 22.0 Å². The Labute approximate surface area is 195 Å². The van der Waals surface area contributed by atoms with Crippen molar-refractivity contribution in [2.75, 3.05) is 17.3 Å². The Bertz CT molecular complexity index is 1230. The largest absolute Gasteiger partial charge is 0.335 e. The highest BCUT2D eigenvalue weighted by atomic mass is 32.2. The highest BCUT2D eigenvalue weighted by Crippen LogP contribution is 2.38. The van der Waals surface area contributed by atoms with Crippen LogP contribution in [0.25, 0.3) is 21.3 Å². The number of hydrogen-bond acceptors (Lipinski definition) is 7. The molecule has 1 amide bonds. The highest BCUT2D eigenvalue weighted by Gasteiger charge is 2.36. The van der Waals surface area contributed by atoms with Gasteiger partial charge in [0.25, 0.3) is 0 Å². The summed E-state index contributed by atoms with van der Waals surface area (Å²) in [6, 6.07) is 5.95. The molecule has 1 aromatic carbocycles. The van der Waals surface area contributed by atoms with Crippen molar-refractivity contribution < 1.29 is 17.6 Å². The molecule has 0 aliphatic carbocycles. The monoisotopic (exact) mass is 493 g/mol. The van der Waals surface area contributed by atoms with E-state index in [1.54, 1.807) is 17.0 Å². The molecule has 1 aliphatic heterocycles. The van der Waals surface area contributed by atoms with E-state index in [2.05, 4.69) is 9.97 Å². The van der Waals surface area contributed by atoms with Crippen LogP contribution in [0.4, 0.5) is 4.39 Å². The Kier molecular flexibility index (Phi) is 6.83. The molecule has 32 heavy (non-hydrogen) atoms. The number of carbonyl (C=O) groups excluding carboxylic acids is 1. The number of benzene rings is 1. The molecule has 3 aromatic rings. The molecule has 0 bridgehead atoms. The molecule has 2 atom stereocenters. The summed E-state index contributed by atoms with van der Waals surface area (Å²) in [4.78, 5) is 24.5. The van der Waals surface area contributed by atoms with Crippen LogP contribution in [0.3, 0.4) is 0 Å². The van der Waals surface area contributed by atoms with Crippen molar-refractivity contribution in [3.05, 3.63) is 41.8 Å². The SMILES string of the molecule is CC[C@H](C)N(C(=O)CSc1ncnc2scc(-c3ccc(F)cc3)c12)[C@H]1CCS(=O)(=O)C1. The van der Waals surface area contributed by atoms with Crippen molar-refractivity contribution in [3.8, 4) is 11.1 Å². The lowest BCUT2D eigenvalue weighted by Crippen LogP contribution is -2.47. The maximum absolute atomic E-state index is 13.4. The first kappa shape index (κ1) is 23.1. The Morgan fingerprint density at radius 3 is 2.72 bits per heavy atom. The van der Waals surface area contributed by atoms with Crippen LogP contribution < -0.4 is 0 Å². The minimum absolute atomic E-state index is 0.0325. The fourth-order valence-corrected chi connectivity index (χ4v) is 7.58. The molecule has 3 heterocycles. The van der Waals surface area contributed by atoms with E-state index in [1.165, 1.54) is 41.6 Å². The van der Waals surface area contributed by atoms with E-state index >= 15 is 0 Å². The molecule has 0 unspecified atom stereocenters. The molecule has 2 aromatic heterocycles. The first-order chi connectivity index (χ1) is 15.3. The maximum atomic E-state index is 13.4. The van der Waals surface area contributed by atoms with E-state index in [0.29, 0.717) is 11.4 Å². The van der Waals surface area contributed by atoms with Crippen molar-refractivity contribution in [2.45, 2.75) is 43.8 Å². The van der Waals surface area contributed by atoms with Gasteiger partial charge >= 0.3 is 0 Å². The first-order valence-corrected chi connectivity index (χ1v) is 14.1. The fraction of sp³-hybridized carbons (Fsp3) is 0.409. The number of thioether (sulfide) groups is 1. The van der Waals surface area contributed by atoms with Crippen molar-refractivity contribution >= 4 is 49.1 Å². The summed E-state index contributed by atoms with van der Waals surface area (Å²) < 4.78 is 37.3. The standard InChI is InChI=1S/C22H24FN3O3S3/c1-3-14(2)26(17-8-9-32(28,29)12-17)19(27)11-31-22-20-18(10-30-21(20)24-13-25-22)15-4-6-16(23)7-5-15/h4-7,10,13-14,17H,3,8-9,11-12H2,1-2H3/t14-,17-/m0/s1. The Balaban J connectivity index is 1.58. The fourth-order valence-electron chi connectivity index (χ4n) is 4.00. The van der Waals surface area contributed by atoms with Gasteiger partial charge in [-0.25, -0.2) is 22.8 Å². The van der Waals surface area contributed by atoms with E-state index < -0.39 is 9.84 Å². The van der Waals surface area contributed by atoms with Crippen molar-refractivity contribution in [3.63, 3.8) is 0 Å². The van der Waals surface area contributed by atoms with E-state index in [9.17, 15) is 17.6 Å². The quantitative estimate of drug-likeness (QED) is 0.358. The van der Waals surface area contributed by atoms with Gasteiger partial charge in [-0.05, 0) is 37.5 Å². The summed E-state index contributed by atoms with van der Waals surface area (Å²) in [7, 11) is -3.09. The molecule has 1 aliphatic rings. The summed E-state index contributed by atoms with van der Waals surface area (Å²) in [5, 5.41) is 3.50. The van der Waals surface area contributed by atoms with Crippen molar-refractivity contribution in [1.82, 2.24) is 14.9 Å². The van der Waals surface area contributed by atoms with Crippen LogP contribution in [0.1, 0.15) is 26.7 Å². The van der Waals surface area contributed by atoms with Gasteiger partial charge in [0.2, 0.25) is 5.91 Å². The zero-order valence-electron chi connectivity index (χ0n) is 17.8. The van der Waals surface area contributed by atoms with E-state index in [-0.39, 0.29) is 41.1 Å². The number of thiophene rings is 1. The topological polar surface area (TPSA) is 80.2 Å². The van der Waals surface area contributed by atoms with Crippen LogP contribution in [0.2, 0.25) is 0 Å². The molecular weight excluding hydrogens is 469 g/mol. The van der Waals surface area contributed by atoms with Crippen molar-refractivity contribution in [1.29, 1.82) is 0 Å². The third-order valence-electron chi connectivity index (χ3n) is 5.78. The number of hydrogen-bond donors (Lipinski definition) is 0. The van der Waals surface area contributed by atoms with Gasteiger partial charge in [-0.3, -0.25) is 4.79 Å². The Hall–Kier alpha value is -2.04. The summed E-state index contributed by atoms with van der Waals surface area (Å²) in [5.41, 5.74) is 1.76. The highest BCUT2D eigenvalue weighted by molar-refractivity contribution is 8.00. The zero-order valence-corrected chi connectivity index (χ0v) is 20.3. The molecule has 1 fully saturated rings. The smallest absolute Gasteiger partial charge is 0.233 e. The van der Waals surface area contributed by atoms with Crippen LogP contribution in [-0.4, -0.2) is 58.5 Å². The van der Waals surface area contributed by atoms with Gasteiger partial charge in [-0.15, -0.1) is 11.3 Å². The van der Waals surface area contributed by atoms with E-state index in [1.807, 2.05) is 19.2 Å². The van der Waals surface area contributed by atoms with Crippen LogP contribution in [0, 0.1) is 5.82 Å². The molecule has 0 spiro atoms. The number of fused-ring (bicyclic) bond motifs is 1. The second kappa shape index (κ2) is 9.44. The Morgan fingerprint density at radius 2 is 2.06 bits per heavy atom. The average Bonchev–Trinajstić information content (AvgIpc) is 3.36. The first-order valence-electron chi connectivity index (χ1n) is 10.4. The van der Waals surface area contributed by atoms with Crippen LogP contribution >= 0.6 is 23.1 Å². The van der Waals surface area contributed by atoms with Gasteiger partial charge in [-0.1, -0.05) is 30.8 Å². The summed E-state index contributed by atoms with van der Waals surface area (Å²) in [6.45, 7) is 3.96. The van der Waals surface area contributed by atoms with Gasteiger partial charge < -0.3 is 4.90 Å². The van der Waals surface area contributed by atoms with E-state index in [4.69, 9.17) is 0 Å². The summed E-state index contributed by atoms with van der Waals surface area (Å²) >= 11 is 2.81.